The van der Waals surface area contributed by atoms with Crippen molar-refractivity contribution in [1.29, 1.82) is 0 Å². The quantitative estimate of drug-likeness (QED) is 0.210. The minimum atomic E-state index is -0.786. The molecule has 1 atom stereocenters. The Kier molecular flexibility index (Phi) is 7.43. The highest BCUT2D eigenvalue weighted by atomic mass is 16.5. The van der Waals surface area contributed by atoms with Gasteiger partial charge in [-0.25, -0.2) is 4.79 Å². The van der Waals surface area contributed by atoms with Crippen LogP contribution in [0.3, 0.4) is 0 Å². The lowest BCUT2D eigenvalue weighted by molar-refractivity contribution is -0.140. The fourth-order valence-electron chi connectivity index (χ4n) is 4.56. The number of aliphatic hydroxyl groups excluding tert-OH is 1. The number of methoxy groups -OCH3 is 1. The number of aryl methyl sites for hydroxylation is 2. The second kappa shape index (κ2) is 10.7. The number of carbonyl (C=O) groups excluding carboxylic acids is 3. The molecule has 1 amide bonds. The van der Waals surface area contributed by atoms with Crippen LogP contribution in [0.1, 0.15) is 51.1 Å². The van der Waals surface area contributed by atoms with Crippen LogP contribution in [-0.4, -0.2) is 41.4 Å². The van der Waals surface area contributed by atoms with Crippen molar-refractivity contribution in [2.75, 3.05) is 13.7 Å². The molecule has 0 bridgehead atoms. The smallest absolute Gasteiger partial charge is 0.338 e. The van der Waals surface area contributed by atoms with Gasteiger partial charge in [-0.3, -0.25) is 9.59 Å². The maximum Gasteiger partial charge on any atom is 0.338 e. The number of amides is 1. The van der Waals surface area contributed by atoms with Gasteiger partial charge in [0, 0.05) is 12.1 Å². The van der Waals surface area contributed by atoms with E-state index in [1.807, 2.05) is 31.2 Å². The van der Waals surface area contributed by atoms with E-state index in [4.69, 9.17) is 9.47 Å². The van der Waals surface area contributed by atoms with Crippen LogP contribution in [0.2, 0.25) is 0 Å². The number of hydrogen-bond donors (Lipinski definition) is 1. The summed E-state index contributed by atoms with van der Waals surface area (Å²) in [5.41, 5.74) is 4.01. The molecule has 3 aromatic carbocycles. The summed E-state index contributed by atoms with van der Waals surface area (Å²) in [6.07, 6.45) is 0. The minimum absolute atomic E-state index is 0.0343. The molecule has 3 aromatic rings. The van der Waals surface area contributed by atoms with Crippen molar-refractivity contribution < 1.29 is 29.0 Å². The Balaban J connectivity index is 1.79. The summed E-state index contributed by atoms with van der Waals surface area (Å²) < 4.78 is 10.3. The standard InChI is InChI=1S/C30H29NO6/c1-5-37-30(35)21-11-9-20(10-12-21)17-31-26(22-8-6-7-18(2)15-22)25(28(33)29(31)34)27(32)24-14-13-23(36-4)16-19(24)3/h6-16,26,32H,5,17H2,1-4H3/b27-25-. The molecule has 0 aliphatic carbocycles. The summed E-state index contributed by atoms with van der Waals surface area (Å²) in [4.78, 5) is 40.1. The summed E-state index contributed by atoms with van der Waals surface area (Å²) in [5.74, 6) is -1.48. The van der Waals surface area contributed by atoms with Crippen molar-refractivity contribution in [3.63, 3.8) is 0 Å². The summed E-state index contributed by atoms with van der Waals surface area (Å²) >= 11 is 0. The highest BCUT2D eigenvalue weighted by Crippen LogP contribution is 2.41. The topological polar surface area (TPSA) is 93.1 Å². The van der Waals surface area contributed by atoms with Gasteiger partial charge in [-0.05, 0) is 67.8 Å². The zero-order valence-electron chi connectivity index (χ0n) is 21.3. The van der Waals surface area contributed by atoms with Gasteiger partial charge in [0.2, 0.25) is 0 Å². The van der Waals surface area contributed by atoms with Crippen molar-refractivity contribution in [3.8, 4) is 5.75 Å². The van der Waals surface area contributed by atoms with Gasteiger partial charge in [0.25, 0.3) is 11.7 Å². The van der Waals surface area contributed by atoms with E-state index >= 15 is 0 Å². The molecular formula is C30H29NO6. The lowest BCUT2D eigenvalue weighted by Crippen LogP contribution is -2.29. The van der Waals surface area contributed by atoms with E-state index in [0.717, 1.165) is 16.7 Å². The van der Waals surface area contributed by atoms with Crippen LogP contribution >= 0.6 is 0 Å². The van der Waals surface area contributed by atoms with Crippen LogP contribution in [-0.2, 0) is 20.9 Å². The first-order valence-corrected chi connectivity index (χ1v) is 12.0. The van der Waals surface area contributed by atoms with E-state index in [1.54, 1.807) is 63.4 Å². The van der Waals surface area contributed by atoms with Gasteiger partial charge < -0.3 is 19.5 Å². The number of ether oxygens (including phenoxy) is 2. The van der Waals surface area contributed by atoms with E-state index in [0.29, 0.717) is 22.4 Å². The molecule has 1 saturated heterocycles. The molecule has 0 spiro atoms. The van der Waals surface area contributed by atoms with Gasteiger partial charge in [-0.1, -0.05) is 42.0 Å². The molecule has 1 unspecified atom stereocenters. The molecule has 0 saturated carbocycles. The van der Waals surface area contributed by atoms with Gasteiger partial charge >= 0.3 is 5.97 Å². The van der Waals surface area contributed by atoms with Gasteiger partial charge in [0.1, 0.15) is 11.5 Å². The first-order valence-electron chi connectivity index (χ1n) is 12.0. The second-order valence-electron chi connectivity index (χ2n) is 8.94. The lowest BCUT2D eigenvalue weighted by Gasteiger charge is -2.26. The molecule has 1 aliphatic heterocycles. The molecule has 1 fully saturated rings. The Morgan fingerprint density at radius 3 is 2.35 bits per heavy atom. The zero-order chi connectivity index (χ0) is 26.7. The predicted molar refractivity (Wildman–Crippen MR) is 139 cm³/mol. The van der Waals surface area contributed by atoms with Crippen molar-refractivity contribution in [2.45, 2.75) is 33.4 Å². The number of esters is 1. The van der Waals surface area contributed by atoms with Gasteiger partial charge in [-0.2, -0.15) is 0 Å². The summed E-state index contributed by atoms with van der Waals surface area (Å²) in [6, 6.07) is 18.6. The largest absolute Gasteiger partial charge is 0.507 e. The van der Waals surface area contributed by atoms with Crippen LogP contribution in [0, 0.1) is 13.8 Å². The predicted octanol–water partition coefficient (Wildman–Crippen LogP) is 5.11. The third kappa shape index (κ3) is 5.11. The highest BCUT2D eigenvalue weighted by Gasteiger charge is 2.46. The number of Topliss-reactive ketones (excluding diaryl/α,β-unsaturated/α-hetero) is 1. The molecule has 7 heteroatoms. The number of ketones is 1. The van der Waals surface area contributed by atoms with Crippen LogP contribution < -0.4 is 4.74 Å². The monoisotopic (exact) mass is 499 g/mol. The molecule has 0 aromatic heterocycles. The molecule has 190 valence electrons. The van der Waals surface area contributed by atoms with E-state index in [2.05, 4.69) is 0 Å². The van der Waals surface area contributed by atoms with E-state index in [1.165, 1.54) is 4.90 Å². The second-order valence-corrected chi connectivity index (χ2v) is 8.94. The molecule has 37 heavy (non-hydrogen) atoms. The summed E-state index contributed by atoms with van der Waals surface area (Å²) in [7, 11) is 1.55. The third-order valence-corrected chi connectivity index (χ3v) is 6.40. The Bertz CT molecular complexity index is 1390. The maximum atomic E-state index is 13.3. The average Bonchev–Trinajstić information content (AvgIpc) is 3.13. The van der Waals surface area contributed by atoms with Gasteiger partial charge in [0.15, 0.2) is 0 Å². The van der Waals surface area contributed by atoms with Crippen molar-refractivity contribution in [3.05, 3.63) is 106 Å². The zero-order valence-corrected chi connectivity index (χ0v) is 21.3. The Labute approximate surface area is 215 Å². The number of aliphatic hydroxyl groups is 1. The third-order valence-electron chi connectivity index (χ3n) is 6.40. The average molecular weight is 500 g/mol. The fraction of sp³-hybridized carbons (Fsp3) is 0.233. The molecule has 1 N–H and O–H groups in total. The van der Waals surface area contributed by atoms with E-state index in [-0.39, 0.29) is 24.5 Å². The number of nitrogens with zero attached hydrogens (tertiary/aromatic N) is 1. The molecule has 0 radical (unpaired) electrons. The summed E-state index contributed by atoms with van der Waals surface area (Å²) in [6.45, 7) is 5.86. The van der Waals surface area contributed by atoms with Gasteiger partial charge in [0.05, 0.1) is 30.9 Å². The SMILES string of the molecule is CCOC(=O)c1ccc(CN2C(=O)C(=O)/C(=C(\O)c3ccc(OC)cc3C)C2c2cccc(C)c2)cc1. The number of likely N-dealkylation sites (tertiary alicyclic amines) is 1. The molecule has 4 rings (SSSR count). The Morgan fingerprint density at radius 1 is 1.00 bits per heavy atom. The van der Waals surface area contributed by atoms with Crippen LogP contribution in [0.15, 0.2) is 72.3 Å². The van der Waals surface area contributed by atoms with Crippen molar-refractivity contribution >= 4 is 23.4 Å². The Morgan fingerprint density at radius 2 is 1.73 bits per heavy atom. The maximum absolute atomic E-state index is 13.3. The minimum Gasteiger partial charge on any atom is -0.507 e. The molecule has 1 aliphatic rings. The van der Waals surface area contributed by atoms with E-state index in [9.17, 15) is 19.5 Å². The lowest BCUT2D eigenvalue weighted by atomic mass is 9.93. The van der Waals surface area contributed by atoms with Crippen molar-refractivity contribution in [2.24, 2.45) is 0 Å². The first-order chi connectivity index (χ1) is 17.7. The van der Waals surface area contributed by atoms with Gasteiger partial charge in [-0.15, -0.1) is 0 Å². The van der Waals surface area contributed by atoms with E-state index < -0.39 is 23.7 Å². The Hall–Kier alpha value is -4.39. The number of carbonyl (C=O) groups is 3. The number of hydrogen-bond acceptors (Lipinski definition) is 6. The van der Waals surface area contributed by atoms with Crippen LogP contribution in [0.25, 0.3) is 5.76 Å². The van der Waals surface area contributed by atoms with Crippen LogP contribution in [0.5, 0.6) is 5.75 Å². The normalized spacial score (nSPS) is 16.6. The molecule has 7 nitrogen and oxygen atoms in total. The molecular weight excluding hydrogens is 470 g/mol. The van der Waals surface area contributed by atoms with Crippen molar-refractivity contribution in [1.82, 2.24) is 4.90 Å². The number of rotatable bonds is 7. The fourth-order valence-corrected chi connectivity index (χ4v) is 4.56. The number of benzene rings is 3. The van der Waals surface area contributed by atoms with Crippen LogP contribution in [0.4, 0.5) is 0 Å². The first kappa shape index (κ1) is 25.7. The molecule has 1 heterocycles. The highest BCUT2D eigenvalue weighted by molar-refractivity contribution is 6.46. The summed E-state index contributed by atoms with van der Waals surface area (Å²) in [5, 5.41) is 11.4.